The Kier molecular flexibility index (Phi) is 5.81. The van der Waals surface area contributed by atoms with E-state index in [2.05, 4.69) is 10.2 Å². The van der Waals surface area contributed by atoms with Gasteiger partial charge in [0.25, 0.3) is 0 Å². The van der Waals surface area contributed by atoms with E-state index in [1.54, 1.807) is 7.11 Å². The highest BCUT2D eigenvalue weighted by atomic mass is 31.2. The van der Waals surface area contributed by atoms with Crippen LogP contribution in [0.2, 0.25) is 0 Å². The molecule has 3 fully saturated rings. The van der Waals surface area contributed by atoms with Crippen molar-refractivity contribution in [3.63, 3.8) is 0 Å². The van der Waals surface area contributed by atoms with E-state index in [4.69, 9.17) is 9.26 Å². The van der Waals surface area contributed by atoms with Gasteiger partial charge < -0.3 is 24.9 Å². The number of hydrogen-bond donors (Lipinski definition) is 4. The molecule has 4 N–H and O–H groups in total. The van der Waals surface area contributed by atoms with Crippen LogP contribution in [0.1, 0.15) is 31.2 Å². The Hall–Kier alpha value is -0.990. The number of nitrogens with one attached hydrogen (secondary N) is 1. The van der Waals surface area contributed by atoms with Gasteiger partial charge in [-0.25, -0.2) is 4.57 Å². The van der Waals surface area contributed by atoms with Gasteiger partial charge in [0.05, 0.1) is 19.3 Å². The van der Waals surface area contributed by atoms with Crippen molar-refractivity contribution in [2.45, 2.75) is 61.9 Å². The molecule has 1 aromatic carbocycles. The first-order valence-electron chi connectivity index (χ1n) is 10.2. The van der Waals surface area contributed by atoms with Crippen LogP contribution in [-0.4, -0.2) is 70.3 Å². The maximum Gasteiger partial charge on any atom is 0.469 e. The highest BCUT2D eigenvalue weighted by molar-refractivity contribution is 7.46. The number of methoxy groups -OCH3 is 1. The van der Waals surface area contributed by atoms with Crippen LogP contribution in [0.25, 0.3) is 0 Å². The lowest BCUT2D eigenvalue weighted by Crippen LogP contribution is -2.66. The number of ether oxygens (including phenoxy) is 1. The molecule has 1 aliphatic carbocycles. The minimum Gasteiger partial charge on any atom is -0.497 e. The van der Waals surface area contributed by atoms with Crippen molar-refractivity contribution < 1.29 is 28.7 Å². The zero-order chi connectivity index (χ0) is 20.8. The van der Waals surface area contributed by atoms with E-state index >= 15 is 0 Å². The Labute approximate surface area is 171 Å². The lowest BCUT2D eigenvalue weighted by Gasteiger charge is -2.57. The predicted molar refractivity (Wildman–Crippen MR) is 108 cm³/mol. The summed E-state index contributed by atoms with van der Waals surface area (Å²) in [5.41, 5.74) is 1.05. The Morgan fingerprint density at radius 2 is 2.00 bits per heavy atom. The van der Waals surface area contributed by atoms with Crippen LogP contribution in [-0.2, 0) is 15.5 Å². The first-order valence-corrected chi connectivity index (χ1v) is 11.8. The van der Waals surface area contributed by atoms with Crippen LogP contribution in [0.5, 0.6) is 5.75 Å². The zero-order valence-electron chi connectivity index (χ0n) is 16.9. The number of nitrogens with zero attached hydrogens (tertiary/aromatic N) is 1. The third-order valence-corrected chi connectivity index (χ3v) is 7.70. The number of aliphatic hydroxyl groups is 1. The standard InChI is InChI=1S/C20H31N2O6P/c1-21-14-10-20-8-7-18(28-29(24,25)26)16(11-20)19(23)17(22(20)12-14)9-13-3-5-15(27-2)6-4-13/h3-6,14,16-19,21,23H,7-12H2,1-2H3,(H2,24,25,26)/t14-,16-,17-,18-,19-,20?/m0/s1. The lowest BCUT2D eigenvalue weighted by atomic mass is 9.65. The topological polar surface area (TPSA) is 111 Å². The molecule has 0 amide bonds. The zero-order valence-corrected chi connectivity index (χ0v) is 17.8. The van der Waals surface area contributed by atoms with Crippen LogP contribution >= 0.6 is 7.82 Å². The second kappa shape index (κ2) is 7.93. The van der Waals surface area contributed by atoms with Gasteiger partial charge in [-0.3, -0.25) is 9.42 Å². The predicted octanol–water partition coefficient (Wildman–Crippen LogP) is 1.29. The van der Waals surface area contributed by atoms with Gasteiger partial charge in [0.15, 0.2) is 0 Å². The van der Waals surface area contributed by atoms with E-state index in [1.165, 1.54) is 0 Å². The van der Waals surface area contributed by atoms with E-state index in [0.29, 0.717) is 25.3 Å². The number of rotatable bonds is 6. The summed E-state index contributed by atoms with van der Waals surface area (Å²) in [4.78, 5) is 21.1. The van der Waals surface area contributed by atoms with Gasteiger partial charge >= 0.3 is 7.82 Å². The third-order valence-electron chi connectivity index (χ3n) is 7.16. The van der Waals surface area contributed by atoms with Crippen molar-refractivity contribution in [1.29, 1.82) is 0 Å². The van der Waals surface area contributed by atoms with Crippen molar-refractivity contribution in [1.82, 2.24) is 10.2 Å². The van der Waals surface area contributed by atoms with E-state index in [1.807, 2.05) is 31.3 Å². The molecular formula is C20H31N2O6P. The monoisotopic (exact) mass is 426 g/mol. The quantitative estimate of drug-likeness (QED) is 0.504. The third kappa shape index (κ3) is 4.12. The van der Waals surface area contributed by atoms with Gasteiger partial charge in [0.2, 0.25) is 0 Å². The molecule has 2 bridgehead atoms. The minimum atomic E-state index is -4.60. The molecule has 4 rings (SSSR count). The number of likely N-dealkylation sites (N-methyl/N-ethyl adjacent to an activating group) is 1. The van der Waals surface area contributed by atoms with Gasteiger partial charge in [-0.05, 0) is 56.8 Å². The number of benzene rings is 1. The summed E-state index contributed by atoms with van der Waals surface area (Å²) >= 11 is 0. The molecule has 6 atom stereocenters. The van der Waals surface area contributed by atoms with Crippen molar-refractivity contribution in [2.24, 2.45) is 5.92 Å². The van der Waals surface area contributed by atoms with Crippen LogP contribution in [0, 0.1) is 5.92 Å². The Bertz CT molecular complexity index is 771. The fourth-order valence-electron chi connectivity index (χ4n) is 5.85. The Morgan fingerprint density at radius 1 is 1.28 bits per heavy atom. The fourth-order valence-corrected chi connectivity index (χ4v) is 6.46. The van der Waals surface area contributed by atoms with E-state index in [9.17, 15) is 19.5 Å². The molecule has 1 unspecified atom stereocenters. The highest BCUT2D eigenvalue weighted by Gasteiger charge is 2.59. The SMILES string of the molecule is CN[C@@H]1CN2[C@@H](Cc3ccc(OC)cc3)[C@@H](O)[C@H]3CC2(CC[C@@H]3OP(=O)(O)O)C1. The molecule has 1 saturated carbocycles. The molecule has 29 heavy (non-hydrogen) atoms. The van der Waals surface area contributed by atoms with Gasteiger partial charge in [-0.2, -0.15) is 0 Å². The number of hydrogen-bond acceptors (Lipinski definition) is 6. The summed E-state index contributed by atoms with van der Waals surface area (Å²) in [7, 11) is -1.00. The average Bonchev–Trinajstić information content (AvgIpc) is 3.05. The molecule has 1 aromatic rings. The largest absolute Gasteiger partial charge is 0.497 e. The van der Waals surface area contributed by atoms with Gasteiger partial charge in [0.1, 0.15) is 5.75 Å². The van der Waals surface area contributed by atoms with Crippen molar-refractivity contribution in [3.8, 4) is 5.75 Å². The molecule has 0 aromatic heterocycles. The normalized spacial score (nSPS) is 37.3. The number of fused-ring (bicyclic) bond motifs is 1. The molecular weight excluding hydrogens is 395 g/mol. The van der Waals surface area contributed by atoms with Crippen LogP contribution in [0.3, 0.4) is 0 Å². The summed E-state index contributed by atoms with van der Waals surface area (Å²) in [5, 5.41) is 14.7. The summed E-state index contributed by atoms with van der Waals surface area (Å²) in [6, 6.07) is 8.08. The average molecular weight is 426 g/mol. The van der Waals surface area contributed by atoms with E-state index < -0.39 is 20.0 Å². The number of phosphoric ester groups is 1. The maximum absolute atomic E-state index is 11.5. The van der Waals surface area contributed by atoms with Gasteiger partial charge in [-0.1, -0.05) is 12.1 Å². The second-order valence-electron chi connectivity index (χ2n) is 8.72. The smallest absolute Gasteiger partial charge is 0.469 e. The summed E-state index contributed by atoms with van der Waals surface area (Å²) in [6.45, 7) is 0.866. The molecule has 2 aliphatic heterocycles. The van der Waals surface area contributed by atoms with Crippen LogP contribution in [0.15, 0.2) is 24.3 Å². The Morgan fingerprint density at radius 3 is 2.62 bits per heavy atom. The summed E-state index contributed by atoms with van der Waals surface area (Å²) in [5.74, 6) is 0.504. The summed E-state index contributed by atoms with van der Waals surface area (Å²) < 4.78 is 21.8. The van der Waals surface area contributed by atoms with Crippen molar-refractivity contribution in [3.05, 3.63) is 29.8 Å². The minimum absolute atomic E-state index is 0.0521. The molecule has 1 spiro atoms. The molecule has 2 heterocycles. The highest BCUT2D eigenvalue weighted by Crippen LogP contribution is 2.54. The lowest BCUT2D eigenvalue weighted by molar-refractivity contribution is -0.144. The van der Waals surface area contributed by atoms with Crippen molar-refractivity contribution in [2.75, 3.05) is 20.7 Å². The molecule has 162 valence electrons. The molecule has 3 aliphatic rings. The number of aliphatic hydroxyl groups excluding tert-OH is 1. The first-order chi connectivity index (χ1) is 13.7. The van der Waals surface area contributed by atoms with Gasteiger partial charge in [0, 0.05) is 30.1 Å². The Balaban J connectivity index is 1.62. The van der Waals surface area contributed by atoms with Crippen molar-refractivity contribution >= 4 is 7.82 Å². The van der Waals surface area contributed by atoms with E-state index in [0.717, 1.165) is 30.7 Å². The van der Waals surface area contributed by atoms with Crippen LogP contribution in [0.4, 0.5) is 0 Å². The van der Waals surface area contributed by atoms with Crippen LogP contribution < -0.4 is 10.1 Å². The summed E-state index contributed by atoms with van der Waals surface area (Å²) in [6.07, 6.45) is 2.39. The molecule has 2 saturated heterocycles. The fraction of sp³-hybridized carbons (Fsp3) is 0.700. The maximum atomic E-state index is 11.5. The van der Waals surface area contributed by atoms with Gasteiger partial charge in [-0.15, -0.1) is 0 Å². The molecule has 0 radical (unpaired) electrons. The number of piperidine rings is 1. The first kappa shape index (κ1) is 21.2. The second-order valence-corrected chi connectivity index (χ2v) is 9.91. The van der Waals surface area contributed by atoms with E-state index in [-0.39, 0.29) is 17.5 Å². The molecule has 9 heteroatoms. The number of phosphoric acid groups is 1. The molecule has 8 nitrogen and oxygen atoms in total.